The van der Waals surface area contributed by atoms with Crippen molar-refractivity contribution in [2.24, 2.45) is 0 Å². The second-order valence-electron chi connectivity index (χ2n) is 1.94. The Morgan fingerprint density at radius 1 is 1.67 bits per heavy atom. The summed E-state index contributed by atoms with van der Waals surface area (Å²) in [5.74, 6) is 0. The van der Waals surface area contributed by atoms with Gasteiger partial charge in [-0.25, -0.2) is 0 Å². The van der Waals surface area contributed by atoms with E-state index >= 15 is 0 Å². The second-order valence-corrected chi connectivity index (χ2v) is 1.94. The average Bonchev–Trinajstić information content (AvgIpc) is 1.89. The van der Waals surface area contributed by atoms with E-state index in [1.54, 1.807) is 6.20 Å². The van der Waals surface area contributed by atoms with E-state index in [9.17, 15) is 0 Å². The molecule has 0 amide bonds. The summed E-state index contributed by atoms with van der Waals surface area (Å²) in [7, 11) is 0. The quantitative estimate of drug-likeness (QED) is 0.477. The fraction of sp³-hybridized carbons (Fsp3) is 0.143. The van der Waals surface area contributed by atoms with Gasteiger partial charge in [-0.15, -0.1) is 0 Å². The fourth-order valence-electron chi connectivity index (χ4n) is 0.713. The number of nitrogens with zero attached hydrogens (tertiary/aromatic N) is 1. The molecule has 0 unspecified atom stereocenters. The van der Waals surface area contributed by atoms with Crippen LogP contribution >= 0.6 is 0 Å². The van der Waals surface area contributed by atoms with E-state index in [1.807, 2.05) is 26.1 Å². The van der Waals surface area contributed by atoms with Crippen LogP contribution in [0.5, 0.6) is 0 Å². The minimum absolute atomic E-state index is 1.16. The number of rotatable bonds is 1. The number of hydrogen-bond donors (Lipinski definition) is 0. The molecular formula is C7H8BN. The average molecular weight is 117 g/mol. The molecule has 1 rings (SSSR count). The van der Waals surface area contributed by atoms with Crippen molar-refractivity contribution >= 4 is 18.9 Å². The van der Waals surface area contributed by atoms with Gasteiger partial charge in [0, 0.05) is 0 Å². The molecule has 0 saturated heterocycles. The van der Waals surface area contributed by atoms with Gasteiger partial charge in [-0.3, -0.25) is 0 Å². The van der Waals surface area contributed by atoms with Crippen molar-refractivity contribution < 1.29 is 0 Å². The zero-order valence-corrected chi connectivity index (χ0v) is 5.46. The summed E-state index contributed by atoms with van der Waals surface area (Å²) in [5.41, 5.74) is 2.33. The molecule has 0 radical (unpaired) electrons. The van der Waals surface area contributed by atoms with Gasteiger partial charge in [-0.2, -0.15) is 0 Å². The molecule has 0 aromatic carbocycles. The summed E-state index contributed by atoms with van der Waals surface area (Å²) >= 11 is 0. The van der Waals surface area contributed by atoms with E-state index in [0.717, 1.165) is 5.46 Å². The molecule has 44 valence electrons. The third-order valence-electron chi connectivity index (χ3n) is 1.28. The Kier molecular flexibility index (Phi) is 1.78. The molecule has 1 heterocycles. The van der Waals surface area contributed by atoms with E-state index in [1.165, 1.54) is 5.56 Å². The molecule has 0 bridgehead atoms. The van der Waals surface area contributed by atoms with Crippen molar-refractivity contribution in [2.45, 2.75) is 6.92 Å². The number of pyridine rings is 1. The van der Waals surface area contributed by atoms with Crippen LogP contribution in [0.4, 0.5) is 0 Å². The molecule has 0 saturated carbocycles. The van der Waals surface area contributed by atoms with Gasteiger partial charge in [-0.05, 0) is 0 Å². The monoisotopic (exact) mass is 117 g/mol. The minimum atomic E-state index is 1.16. The first-order valence-corrected chi connectivity index (χ1v) is 2.87. The maximum absolute atomic E-state index is 3.95. The number of hydrogen-bond acceptors (Lipinski definition) is 1. The van der Waals surface area contributed by atoms with Crippen LogP contribution in [0.25, 0.3) is 0 Å². The Labute approximate surface area is 55.7 Å². The van der Waals surface area contributed by atoms with Crippen LogP contribution in [0, 0.1) is 6.92 Å². The Morgan fingerprint density at radius 3 is 2.89 bits per heavy atom. The van der Waals surface area contributed by atoms with Gasteiger partial charge in [0.25, 0.3) is 0 Å². The zero-order valence-electron chi connectivity index (χ0n) is 5.46. The Morgan fingerprint density at radius 2 is 2.44 bits per heavy atom. The zero-order chi connectivity index (χ0) is 6.69. The molecule has 2 heteroatoms. The van der Waals surface area contributed by atoms with Gasteiger partial charge >= 0.3 is 54.8 Å². The van der Waals surface area contributed by atoms with Gasteiger partial charge < -0.3 is 0 Å². The van der Waals surface area contributed by atoms with Gasteiger partial charge in [0.05, 0.1) is 0 Å². The third kappa shape index (κ3) is 1.25. The van der Waals surface area contributed by atoms with Crippen LogP contribution in [-0.2, 0) is 0 Å². The molecule has 0 spiro atoms. The normalized spacial score (nSPS) is 8.56. The summed E-state index contributed by atoms with van der Waals surface area (Å²) in [6.07, 6.45) is 3.60. The van der Waals surface area contributed by atoms with Crippen molar-refractivity contribution in [3.63, 3.8) is 0 Å². The second kappa shape index (κ2) is 2.58. The van der Waals surface area contributed by atoms with Crippen molar-refractivity contribution in [3.05, 3.63) is 24.0 Å². The summed E-state index contributed by atoms with van der Waals surface area (Å²) in [6, 6.07) is 1.95. The van der Waals surface area contributed by atoms with E-state index in [-0.39, 0.29) is 0 Å². The van der Waals surface area contributed by atoms with Gasteiger partial charge in [0.15, 0.2) is 0 Å². The Balaban J connectivity index is 3.15. The molecule has 1 aromatic rings. The van der Waals surface area contributed by atoms with Crippen molar-refractivity contribution in [1.82, 2.24) is 4.98 Å². The number of aryl methyl sites for hydroxylation is 1. The molecule has 0 fully saturated rings. The first-order valence-electron chi connectivity index (χ1n) is 2.87. The fourth-order valence-corrected chi connectivity index (χ4v) is 0.713. The summed E-state index contributed by atoms with van der Waals surface area (Å²) in [4.78, 5) is 3.95. The van der Waals surface area contributed by atoms with Gasteiger partial charge in [0.1, 0.15) is 0 Å². The predicted octanol–water partition coefficient (Wildman–Crippen LogP) is 0.152. The third-order valence-corrected chi connectivity index (χ3v) is 1.28. The standard InChI is InChI=1S/C7H8BN/c1-6-5-9-4-3-7(6)8-2/h3-5H,2H2,1H3. The molecule has 9 heavy (non-hydrogen) atoms. The SMILES string of the molecule is C=Bc1ccncc1C. The Bertz CT molecular complexity index is 220. The first-order chi connectivity index (χ1) is 4.34. The van der Waals surface area contributed by atoms with Gasteiger partial charge in [0.2, 0.25) is 0 Å². The van der Waals surface area contributed by atoms with Crippen molar-refractivity contribution in [3.8, 4) is 0 Å². The predicted molar refractivity (Wildman–Crippen MR) is 41.5 cm³/mol. The summed E-state index contributed by atoms with van der Waals surface area (Å²) < 4.78 is 0. The van der Waals surface area contributed by atoms with Crippen LogP contribution < -0.4 is 5.46 Å². The molecule has 0 aliphatic carbocycles. The summed E-state index contributed by atoms with van der Waals surface area (Å²) in [6.45, 7) is 7.51. The maximum atomic E-state index is 3.95. The molecular weight excluding hydrogens is 109 g/mol. The van der Waals surface area contributed by atoms with Crippen LogP contribution in [-0.4, -0.2) is 18.4 Å². The Hall–Kier alpha value is -0.915. The van der Waals surface area contributed by atoms with Crippen molar-refractivity contribution in [1.29, 1.82) is 0 Å². The molecule has 1 nitrogen and oxygen atoms in total. The molecule has 0 aliphatic rings. The van der Waals surface area contributed by atoms with Crippen LogP contribution in [0.3, 0.4) is 0 Å². The summed E-state index contributed by atoms with van der Waals surface area (Å²) in [5, 5.41) is 0. The van der Waals surface area contributed by atoms with Crippen molar-refractivity contribution in [2.75, 3.05) is 0 Å². The van der Waals surface area contributed by atoms with E-state index < -0.39 is 0 Å². The molecule has 0 aliphatic heterocycles. The van der Waals surface area contributed by atoms with E-state index in [4.69, 9.17) is 0 Å². The number of aromatic nitrogens is 1. The van der Waals surface area contributed by atoms with E-state index in [0.29, 0.717) is 0 Å². The topological polar surface area (TPSA) is 12.9 Å². The molecule has 0 atom stereocenters. The van der Waals surface area contributed by atoms with Gasteiger partial charge in [-0.1, -0.05) is 0 Å². The van der Waals surface area contributed by atoms with E-state index in [2.05, 4.69) is 11.5 Å². The molecule has 1 aromatic heterocycles. The first kappa shape index (κ1) is 6.21. The molecule has 0 N–H and O–H groups in total. The van der Waals surface area contributed by atoms with Crippen LogP contribution in [0.2, 0.25) is 0 Å². The van der Waals surface area contributed by atoms with Crippen LogP contribution in [0.15, 0.2) is 18.5 Å². The van der Waals surface area contributed by atoms with Crippen LogP contribution in [0.1, 0.15) is 5.56 Å².